The van der Waals surface area contributed by atoms with E-state index in [0.717, 1.165) is 22.9 Å². The topological polar surface area (TPSA) is 29.3 Å². The maximum atomic E-state index is 14.1. The molecule has 1 unspecified atom stereocenters. The lowest BCUT2D eigenvalue weighted by atomic mass is 9.79. The predicted octanol–water partition coefficient (Wildman–Crippen LogP) is 4.11. The standard InChI is InChI=1S/C17H26BrFN2/c1-21(2)17(9-5-3-4-6-10-17)16(20)11-13-7-8-14(18)12-15(13)19/h7-8,12,16H,3-6,9-11,20H2,1-2H3. The molecule has 118 valence electrons. The number of nitrogens with zero attached hydrogens (tertiary/aromatic N) is 1. The molecule has 2 nitrogen and oxygen atoms in total. The third-order valence-corrected chi connectivity index (χ3v) is 5.50. The minimum atomic E-state index is -0.164. The number of hydrogen-bond donors (Lipinski definition) is 1. The van der Waals surface area contributed by atoms with Crippen molar-refractivity contribution in [2.24, 2.45) is 5.73 Å². The fourth-order valence-corrected chi connectivity index (χ4v) is 3.94. The lowest BCUT2D eigenvalue weighted by Crippen LogP contribution is -2.58. The molecule has 2 N–H and O–H groups in total. The molecule has 0 heterocycles. The van der Waals surface area contributed by atoms with E-state index in [2.05, 4.69) is 34.9 Å². The molecule has 1 aliphatic rings. The highest BCUT2D eigenvalue weighted by Gasteiger charge is 2.39. The van der Waals surface area contributed by atoms with Crippen LogP contribution in [0.5, 0.6) is 0 Å². The summed E-state index contributed by atoms with van der Waals surface area (Å²) in [4.78, 5) is 2.28. The maximum absolute atomic E-state index is 14.1. The zero-order valence-electron chi connectivity index (χ0n) is 13.0. The molecule has 1 aliphatic carbocycles. The van der Waals surface area contributed by atoms with Crippen LogP contribution in [-0.2, 0) is 6.42 Å². The molecule has 0 aromatic heterocycles. The molecule has 1 aromatic carbocycles. The van der Waals surface area contributed by atoms with Gasteiger partial charge in [-0.1, -0.05) is 47.7 Å². The van der Waals surface area contributed by atoms with Crippen molar-refractivity contribution in [3.05, 3.63) is 34.1 Å². The first-order valence-electron chi connectivity index (χ1n) is 7.82. The second-order valence-corrected chi connectivity index (χ2v) is 7.37. The molecule has 1 fully saturated rings. The predicted molar refractivity (Wildman–Crippen MR) is 89.9 cm³/mol. The van der Waals surface area contributed by atoms with E-state index >= 15 is 0 Å². The minimum Gasteiger partial charge on any atom is -0.326 e. The second-order valence-electron chi connectivity index (χ2n) is 6.46. The van der Waals surface area contributed by atoms with Crippen LogP contribution in [0, 0.1) is 5.82 Å². The number of rotatable bonds is 4. The van der Waals surface area contributed by atoms with Crippen molar-refractivity contribution >= 4 is 15.9 Å². The summed E-state index contributed by atoms with van der Waals surface area (Å²) in [6, 6.07) is 5.22. The van der Waals surface area contributed by atoms with Gasteiger partial charge in [0.25, 0.3) is 0 Å². The van der Waals surface area contributed by atoms with Crippen LogP contribution in [0.15, 0.2) is 22.7 Å². The van der Waals surface area contributed by atoms with E-state index in [1.165, 1.54) is 31.7 Å². The molecular weight excluding hydrogens is 331 g/mol. The highest BCUT2D eigenvalue weighted by Crippen LogP contribution is 2.34. The van der Waals surface area contributed by atoms with E-state index in [1.807, 2.05) is 12.1 Å². The summed E-state index contributed by atoms with van der Waals surface area (Å²) in [5.41, 5.74) is 7.29. The second kappa shape index (κ2) is 7.21. The third-order valence-electron chi connectivity index (χ3n) is 5.01. The van der Waals surface area contributed by atoms with Gasteiger partial charge < -0.3 is 10.6 Å². The van der Waals surface area contributed by atoms with Crippen molar-refractivity contribution in [1.82, 2.24) is 4.90 Å². The molecule has 0 radical (unpaired) electrons. The lowest BCUT2D eigenvalue weighted by Gasteiger charge is -2.44. The molecule has 0 amide bonds. The molecular formula is C17H26BrFN2. The average Bonchev–Trinajstić information content (AvgIpc) is 2.68. The minimum absolute atomic E-state index is 0.00395. The number of hydrogen-bond acceptors (Lipinski definition) is 2. The Morgan fingerprint density at radius 1 is 1.24 bits per heavy atom. The molecule has 2 rings (SSSR count). The van der Waals surface area contributed by atoms with Crippen molar-refractivity contribution in [3.63, 3.8) is 0 Å². The number of halogens is 2. The van der Waals surface area contributed by atoms with E-state index in [1.54, 1.807) is 0 Å². The van der Waals surface area contributed by atoms with Crippen molar-refractivity contribution in [1.29, 1.82) is 0 Å². The number of nitrogens with two attached hydrogens (primary N) is 1. The fourth-order valence-electron chi connectivity index (χ4n) is 3.60. The molecule has 1 atom stereocenters. The smallest absolute Gasteiger partial charge is 0.127 e. The Bertz CT molecular complexity index is 468. The van der Waals surface area contributed by atoms with Crippen molar-refractivity contribution < 1.29 is 4.39 Å². The summed E-state index contributed by atoms with van der Waals surface area (Å²) in [6.07, 6.45) is 7.82. The summed E-state index contributed by atoms with van der Waals surface area (Å²) in [6.45, 7) is 0. The summed E-state index contributed by atoms with van der Waals surface area (Å²) >= 11 is 3.30. The Balaban J connectivity index is 2.20. The zero-order valence-corrected chi connectivity index (χ0v) is 14.6. The summed E-state index contributed by atoms with van der Waals surface area (Å²) in [5.74, 6) is -0.164. The first-order valence-corrected chi connectivity index (χ1v) is 8.62. The van der Waals surface area contributed by atoms with Crippen LogP contribution >= 0.6 is 15.9 Å². The molecule has 1 aromatic rings. The third kappa shape index (κ3) is 3.85. The zero-order chi connectivity index (χ0) is 15.5. The van der Waals surface area contributed by atoms with E-state index in [0.29, 0.717) is 6.42 Å². The molecule has 21 heavy (non-hydrogen) atoms. The number of benzene rings is 1. The van der Waals surface area contributed by atoms with Gasteiger partial charge in [0, 0.05) is 16.1 Å². The highest BCUT2D eigenvalue weighted by molar-refractivity contribution is 9.10. The van der Waals surface area contributed by atoms with Crippen LogP contribution in [0.2, 0.25) is 0 Å². The van der Waals surface area contributed by atoms with E-state index in [9.17, 15) is 4.39 Å². The molecule has 0 aliphatic heterocycles. The van der Waals surface area contributed by atoms with E-state index < -0.39 is 0 Å². The summed E-state index contributed by atoms with van der Waals surface area (Å²) < 4.78 is 14.9. The van der Waals surface area contributed by atoms with Crippen LogP contribution in [0.4, 0.5) is 4.39 Å². The van der Waals surface area contributed by atoms with Gasteiger partial charge in [0.15, 0.2) is 0 Å². The number of likely N-dealkylation sites (N-methyl/N-ethyl adjacent to an activating group) is 1. The van der Waals surface area contributed by atoms with Crippen molar-refractivity contribution in [2.75, 3.05) is 14.1 Å². The maximum Gasteiger partial charge on any atom is 0.127 e. The quantitative estimate of drug-likeness (QED) is 0.822. The molecule has 1 saturated carbocycles. The van der Waals surface area contributed by atoms with Gasteiger partial charge in [0.1, 0.15) is 5.82 Å². The van der Waals surface area contributed by atoms with Gasteiger partial charge in [-0.2, -0.15) is 0 Å². The van der Waals surface area contributed by atoms with Gasteiger partial charge in [-0.3, -0.25) is 0 Å². The van der Waals surface area contributed by atoms with Gasteiger partial charge in [-0.15, -0.1) is 0 Å². The Morgan fingerprint density at radius 2 is 1.86 bits per heavy atom. The normalized spacial score (nSPS) is 20.3. The average molecular weight is 357 g/mol. The van der Waals surface area contributed by atoms with Crippen LogP contribution in [0.3, 0.4) is 0 Å². The Morgan fingerprint density at radius 3 is 2.38 bits per heavy atom. The summed E-state index contributed by atoms with van der Waals surface area (Å²) in [5, 5.41) is 0. The highest BCUT2D eigenvalue weighted by atomic mass is 79.9. The fraction of sp³-hybridized carbons (Fsp3) is 0.647. The summed E-state index contributed by atoms with van der Waals surface area (Å²) in [7, 11) is 4.23. The lowest BCUT2D eigenvalue weighted by molar-refractivity contribution is 0.0964. The SMILES string of the molecule is CN(C)C1(C(N)Cc2ccc(Br)cc2F)CCCCCC1. The van der Waals surface area contributed by atoms with Gasteiger partial charge in [-0.25, -0.2) is 4.39 Å². The first kappa shape index (κ1) is 16.9. The van der Waals surface area contributed by atoms with Crippen LogP contribution in [0.25, 0.3) is 0 Å². The van der Waals surface area contributed by atoms with Gasteiger partial charge in [0.2, 0.25) is 0 Å². The molecule has 0 saturated heterocycles. The van der Waals surface area contributed by atoms with Crippen LogP contribution in [-0.4, -0.2) is 30.6 Å². The van der Waals surface area contributed by atoms with Crippen molar-refractivity contribution in [3.8, 4) is 0 Å². The van der Waals surface area contributed by atoms with Crippen LogP contribution in [0.1, 0.15) is 44.1 Å². The molecule has 0 bridgehead atoms. The largest absolute Gasteiger partial charge is 0.326 e. The van der Waals surface area contributed by atoms with E-state index in [-0.39, 0.29) is 17.4 Å². The van der Waals surface area contributed by atoms with E-state index in [4.69, 9.17) is 5.73 Å². The Labute approximate surface area is 136 Å². The van der Waals surface area contributed by atoms with Crippen LogP contribution < -0.4 is 5.73 Å². The Kier molecular flexibility index (Phi) is 5.81. The molecule has 4 heteroatoms. The van der Waals surface area contributed by atoms with Gasteiger partial charge >= 0.3 is 0 Å². The monoisotopic (exact) mass is 356 g/mol. The van der Waals surface area contributed by atoms with Gasteiger partial charge in [-0.05, 0) is 51.1 Å². The van der Waals surface area contributed by atoms with Gasteiger partial charge in [0.05, 0.1) is 0 Å². The molecule has 0 spiro atoms. The Hall–Kier alpha value is -0.450. The first-order chi connectivity index (χ1) is 9.95. The van der Waals surface area contributed by atoms with Crippen molar-refractivity contribution in [2.45, 2.75) is 56.5 Å².